The van der Waals surface area contributed by atoms with Gasteiger partial charge >= 0.3 is 0 Å². The van der Waals surface area contributed by atoms with Crippen LogP contribution in [0.4, 0.5) is 0 Å². The molecule has 1 aromatic heterocycles. The Kier molecular flexibility index (Phi) is 5.89. The quantitative estimate of drug-likeness (QED) is 0.839. The average molecular weight is 395 g/mol. The summed E-state index contributed by atoms with van der Waals surface area (Å²) in [6.07, 6.45) is 2.99. The summed E-state index contributed by atoms with van der Waals surface area (Å²) in [5.41, 5.74) is 0.809. The van der Waals surface area contributed by atoms with Crippen LogP contribution in [0, 0.1) is 5.92 Å². The fraction of sp³-hybridized carbons (Fsp3) is 0.368. The normalized spacial score (nSPS) is 18.4. The molecule has 0 saturated carbocycles. The van der Waals surface area contributed by atoms with Crippen molar-refractivity contribution in [3.05, 3.63) is 58.0 Å². The van der Waals surface area contributed by atoms with Crippen LogP contribution in [0.2, 0.25) is 10.0 Å². The lowest BCUT2D eigenvalue weighted by Gasteiger charge is -2.32. The number of likely N-dealkylation sites (tertiary alicyclic amines) is 1. The van der Waals surface area contributed by atoms with Gasteiger partial charge in [0.1, 0.15) is 0 Å². The molecule has 0 unspecified atom stereocenters. The van der Waals surface area contributed by atoms with Crippen LogP contribution < -0.4 is 5.32 Å². The molecule has 1 fully saturated rings. The van der Waals surface area contributed by atoms with Gasteiger partial charge in [-0.05, 0) is 49.6 Å². The smallest absolute Gasteiger partial charge is 0.289 e. The van der Waals surface area contributed by atoms with Crippen LogP contribution in [0.5, 0.6) is 0 Å². The van der Waals surface area contributed by atoms with E-state index in [0.717, 1.165) is 18.4 Å². The zero-order valence-corrected chi connectivity index (χ0v) is 15.9. The fourth-order valence-electron chi connectivity index (χ4n) is 3.19. The number of piperidine rings is 1. The molecule has 1 aromatic carbocycles. The maximum Gasteiger partial charge on any atom is 0.289 e. The topological polar surface area (TPSA) is 62.6 Å². The van der Waals surface area contributed by atoms with Crippen molar-refractivity contribution in [3.63, 3.8) is 0 Å². The van der Waals surface area contributed by atoms with Crippen molar-refractivity contribution in [1.29, 1.82) is 0 Å². The fourth-order valence-corrected chi connectivity index (χ4v) is 3.77. The van der Waals surface area contributed by atoms with E-state index < -0.39 is 0 Å². The molecule has 1 aliphatic rings. The maximum atomic E-state index is 12.7. The number of hydrogen-bond donors (Lipinski definition) is 1. The molecule has 26 heavy (non-hydrogen) atoms. The first-order valence-corrected chi connectivity index (χ1v) is 9.29. The Bertz CT molecular complexity index is 792. The lowest BCUT2D eigenvalue weighted by Crippen LogP contribution is -2.45. The van der Waals surface area contributed by atoms with E-state index in [1.807, 2.05) is 13.0 Å². The standard InChI is InChI=1S/C19H20Cl2N2O3/c1-12(15-7-6-14(20)10-16(15)21)22-18(24)13-4-2-8-23(11-13)19(25)17-5-3-9-26-17/h3,5-7,9-10,12-13H,2,4,8,11H2,1H3,(H,22,24)/t12-,13-/m0/s1. The molecular weight excluding hydrogens is 375 g/mol. The Morgan fingerprint density at radius 1 is 1.31 bits per heavy atom. The van der Waals surface area contributed by atoms with Gasteiger partial charge in [-0.25, -0.2) is 0 Å². The Balaban J connectivity index is 1.63. The van der Waals surface area contributed by atoms with E-state index in [2.05, 4.69) is 5.32 Å². The molecule has 2 heterocycles. The van der Waals surface area contributed by atoms with Crippen LogP contribution in [-0.2, 0) is 4.79 Å². The van der Waals surface area contributed by atoms with E-state index in [-0.39, 0.29) is 23.8 Å². The highest BCUT2D eigenvalue weighted by Gasteiger charge is 2.30. The van der Waals surface area contributed by atoms with Crippen LogP contribution in [0.15, 0.2) is 41.0 Å². The molecule has 0 radical (unpaired) electrons. The van der Waals surface area contributed by atoms with Crippen molar-refractivity contribution in [2.75, 3.05) is 13.1 Å². The number of benzene rings is 1. The third-order valence-corrected chi connectivity index (χ3v) is 5.16. The summed E-state index contributed by atoms with van der Waals surface area (Å²) in [6.45, 7) is 2.88. The van der Waals surface area contributed by atoms with Crippen molar-refractivity contribution in [3.8, 4) is 0 Å². The van der Waals surface area contributed by atoms with E-state index in [0.29, 0.717) is 28.9 Å². The summed E-state index contributed by atoms with van der Waals surface area (Å²) in [7, 11) is 0. The molecule has 1 N–H and O–H groups in total. The number of hydrogen-bond acceptors (Lipinski definition) is 3. The minimum atomic E-state index is -0.254. The van der Waals surface area contributed by atoms with Crippen LogP contribution in [-0.4, -0.2) is 29.8 Å². The summed E-state index contributed by atoms with van der Waals surface area (Å²) < 4.78 is 5.17. The Labute approximate surface area is 162 Å². The molecule has 1 aliphatic heterocycles. The summed E-state index contributed by atoms with van der Waals surface area (Å²) in [5, 5.41) is 4.06. The van der Waals surface area contributed by atoms with Crippen LogP contribution in [0.3, 0.4) is 0 Å². The van der Waals surface area contributed by atoms with Crippen molar-refractivity contribution >= 4 is 35.0 Å². The Morgan fingerprint density at radius 3 is 2.81 bits per heavy atom. The molecule has 2 atom stereocenters. The van der Waals surface area contributed by atoms with Gasteiger partial charge in [0.15, 0.2) is 5.76 Å². The Morgan fingerprint density at radius 2 is 2.12 bits per heavy atom. The molecule has 0 spiro atoms. The highest BCUT2D eigenvalue weighted by molar-refractivity contribution is 6.35. The van der Waals surface area contributed by atoms with E-state index >= 15 is 0 Å². The minimum Gasteiger partial charge on any atom is -0.459 e. The second-order valence-corrected chi connectivity index (χ2v) is 7.31. The third kappa shape index (κ3) is 4.22. The van der Waals surface area contributed by atoms with Gasteiger partial charge in [0.25, 0.3) is 5.91 Å². The summed E-state index contributed by atoms with van der Waals surface area (Å²) in [6, 6.07) is 8.28. The predicted molar refractivity (Wildman–Crippen MR) is 100 cm³/mol. The van der Waals surface area contributed by atoms with E-state index in [1.54, 1.807) is 29.2 Å². The van der Waals surface area contributed by atoms with Gasteiger partial charge in [0, 0.05) is 23.1 Å². The zero-order chi connectivity index (χ0) is 18.7. The highest BCUT2D eigenvalue weighted by Crippen LogP contribution is 2.27. The predicted octanol–water partition coefficient (Wildman–Crippen LogP) is 4.32. The second kappa shape index (κ2) is 8.14. The second-order valence-electron chi connectivity index (χ2n) is 6.46. The first-order chi connectivity index (χ1) is 12.5. The number of furan rings is 1. The summed E-state index contributed by atoms with van der Waals surface area (Å²) in [4.78, 5) is 26.8. The number of nitrogens with one attached hydrogen (secondary N) is 1. The zero-order valence-electron chi connectivity index (χ0n) is 14.4. The van der Waals surface area contributed by atoms with Crippen LogP contribution >= 0.6 is 23.2 Å². The van der Waals surface area contributed by atoms with Crippen molar-refractivity contribution in [2.24, 2.45) is 5.92 Å². The van der Waals surface area contributed by atoms with Gasteiger partial charge in [0.2, 0.25) is 5.91 Å². The largest absolute Gasteiger partial charge is 0.459 e. The highest BCUT2D eigenvalue weighted by atomic mass is 35.5. The molecule has 5 nitrogen and oxygen atoms in total. The minimum absolute atomic E-state index is 0.0829. The molecular formula is C19H20Cl2N2O3. The number of nitrogens with zero attached hydrogens (tertiary/aromatic N) is 1. The van der Waals surface area contributed by atoms with Gasteiger partial charge < -0.3 is 14.6 Å². The average Bonchev–Trinajstić information content (AvgIpc) is 3.15. The summed E-state index contributed by atoms with van der Waals surface area (Å²) >= 11 is 12.1. The molecule has 0 bridgehead atoms. The maximum absolute atomic E-state index is 12.7. The Hall–Kier alpha value is -1.98. The number of amides is 2. The molecule has 2 aromatic rings. The van der Waals surface area contributed by atoms with E-state index in [4.69, 9.17) is 27.6 Å². The molecule has 7 heteroatoms. The lowest BCUT2D eigenvalue weighted by atomic mass is 9.96. The van der Waals surface area contributed by atoms with Crippen LogP contribution in [0.25, 0.3) is 0 Å². The molecule has 138 valence electrons. The third-order valence-electron chi connectivity index (χ3n) is 4.60. The molecule has 2 amide bonds. The number of carbonyl (C=O) groups is 2. The number of rotatable bonds is 4. The van der Waals surface area contributed by atoms with Crippen molar-refractivity contribution in [2.45, 2.75) is 25.8 Å². The van der Waals surface area contributed by atoms with E-state index in [1.165, 1.54) is 6.26 Å². The first-order valence-electron chi connectivity index (χ1n) is 8.54. The number of carbonyl (C=O) groups excluding carboxylic acids is 2. The van der Waals surface area contributed by atoms with Gasteiger partial charge in [-0.1, -0.05) is 29.3 Å². The monoisotopic (exact) mass is 394 g/mol. The summed E-state index contributed by atoms with van der Waals surface area (Å²) in [5.74, 6) is -0.217. The van der Waals surface area contributed by atoms with Crippen molar-refractivity contribution < 1.29 is 14.0 Å². The lowest BCUT2D eigenvalue weighted by molar-refractivity contribution is -0.127. The van der Waals surface area contributed by atoms with Crippen LogP contribution in [0.1, 0.15) is 41.9 Å². The van der Waals surface area contributed by atoms with Crippen molar-refractivity contribution in [1.82, 2.24) is 10.2 Å². The first kappa shape index (κ1) is 18.8. The number of halogens is 2. The molecule has 3 rings (SSSR count). The molecule has 0 aliphatic carbocycles. The van der Waals surface area contributed by atoms with E-state index in [9.17, 15) is 9.59 Å². The molecule has 1 saturated heterocycles. The van der Waals surface area contributed by atoms with Gasteiger partial charge in [0.05, 0.1) is 18.2 Å². The van der Waals surface area contributed by atoms with Gasteiger partial charge in [-0.2, -0.15) is 0 Å². The van der Waals surface area contributed by atoms with Gasteiger partial charge in [-0.3, -0.25) is 9.59 Å². The van der Waals surface area contributed by atoms with Gasteiger partial charge in [-0.15, -0.1) is 0 Å². The SMILES string of the molecule is C[C@H](NC(=O)[C@H]1CCCN(C(=O)c2ccco2)C1)c1ccc(Cl)cc1Cl.